The molecule has 2 heterocycles. The van der Waals surface area contributed by atoms with Gasteiger partial charge in [-0.15, -0.1) is 0 Å². The van der Waals surface area contributed by atoms with Crippen molar-refractivity contribution in [2.75, 3.05) is 0 Å². The second-order valence-electron chi connectivity index (χ2n) is 4.00. The topological polar surface area (TPSA) is 28.9 Å². The average Bonchev–Trinajstić information content (AvgIpc) is 2.91. The molecule has 1 N–H and O–H groups in total. The van der Waals surface area contributed by atoms with Crippen molar-refractivity contribution in [2.45, 2.75) is 0 Å². The maximum atomic E-state index is 5.82. The number of nitrogens with one attached hydrogen (secondary N) is 1. The van der Waals surface area contributed by atoms with Crippen LogP contribution < -0.4 is 0 Å². The quantitative estimate of drug-likeness (QED) is 0.462. The first kappa shape index (κ1) is 7.99. The van der Waals surface area contributed by atoms with Crippen LogP contribution in [0.3, 0.4) is 0 Å². The summed E-state index contributed by atoms with van der Waals surface area (Å²) in [7, 11) is 0. The van der Waals surface area contributed by atoms with E-state index in [2.05, 4.69) is 17.1 Å². The van der Waals surface area contributed by atoms with Crippen molar-refractivity contribution in [2.24, 2.45) is 0 Å². The molecule has 2 aromatic heterocycles. The first-order valence-corrected chi connectivity index (χ1v) is 5.30. The number of rotatable bonds is 0. The molecule has 4 aromatic rings. The zero-order chi connectivity index (χ0) is 10.5. The van der Waals surface area contributed by atoms with Gasteiger partial charge >= 0.3 is 0 Å². The van der Waals surface area contributed by atoms with Gasteiger partial charge in [0.05, 0.1) is 0 Å². The Morgan fingerprint density at radius 3 is 2.75 bits per heavy atom. The standard InChI is InChI=1S/C14H9NO/c1-2-4-12-10(3-1)14-11-8-15-7-9(11)5-6-13(14)16-12/h1-8,15H. The molecule has 0 saturated heterocycles. The number of aromatic nitrogens is 1. The highest BCUT2D eigenvalue weighted by atomic mass is 16.3. The largest absolute Gasteiger partial charge is 0.456 e. The first-order chi connectivity index (χ1) is 7.93. The van der Waals surface area contributed by atoms with E-state index in [0.717, 1.165) is 11.2 Å². The maximum absolute atomic E-state index is 5.82. The minimum absolute atomic E-state index is 0.950. The fourth-order valence-electron chi connectivity index (χ4n) is 2.36. The van der Waals surface area contributed by atoms with Crippen molar-refractivity contribution in [3.05, 3.63) is 48.8 Å². The minimum atomic E-state index is 0.950. The summed E-state index contributed by atoms with van der Waals surface area (Å²) in [6.07, 6.45) is 4.04. The molecule has 0 aliphatic carbocycles. The lowest BCUT2D eigenvalue weighted by Crippen LogP contribution is -1.67. The third-order valence-corrected chi connectivity index (χ3v) is 3.08. The molecule has 0 aliphatic heterocycles. The molecule has 0 saturated carbocycles. The van der Waals surface area contributed by atoms with Gasteiger partial charge in [-0.1, -0.05) is 18.2 Å². The molecule has 0 radical (unpaired) electrons. The molecule has 0 spiro atoms. The monoisotopic (exact) mass is 207 g/mol. The Morgan fingerprint density at radius 1 is 0.812 bits per heavy atom. The van der Waals surface area contributed by atoms with Crippen molar-refractivity contribution in [1.82, 2.24) is 4.98 Å². The number of H-pyrrole nitrogens is 1. The summed E-state index contributed by atoms with van der Waals surface area (Å²) in [6.45, 7) is 0. The summed E-state index contributed by atoms with van der Waals surface area (Å²) in [5.74, 6) is 0. The van der Waals surface area contributed by atoms with Crippen LogP contribution in [0.1, 0.15) is 0 Å². The molecule has 76 valence electrons. The lowest BCUT2D eigenvalue weighted by atomic mass is 10.1. The molecular weight excluding hydrogens is 198 g/mol. The molecule has 2 nitrogen and oxygen atoms in total. The number of aromatic amines is 1. The van der Waals surface area contributed by atoms with Gasteiger partial charge in [0.2, 0.25) is 0 Å². The van der Waals surface area contributed by atoms with Crippen LogP contribution in [-0.2, 0) is 0 Å². The number of fused-ring (bicyclic) bond motifs is 5. The summed E-state index contributed by atoms with van der Waals surface area (Å²) >= 11 is 0. The smallest absolute Gasteiger partial charge is 0.136 e. The van der Waals surface area contributed by atoms with Crippen molar-refractivity contribution in [1.29, 1.82) is 0 Å². The highest BCUT2D eigenvalue weighted by Gasteiger charge is 2.09. The van der Waals surface area contributed by atoms with E-state index in [0.29, 0.717) is 0 Å². The molecule has 0 aliphatic rings. The fourth-order valence-corrected chi connectivity index (χ4v) is 2.36. The van der Waals surface area contributed by atoms with Crippen LogP contribution in [0.4, 0.5) is 0 Å². The summed E-state index contributed by atoms with van der Waals surface area (Å²) in [5.41, 5.74) is 1.90. The lowest BCUT2D eigenvalue weighted by Gasteiger charge is -1.91. The molecule has 16 heavy (non-hydrogen) atoms. The SMILES string of the molecule is c1ccc2c(c1)oc1ccc3c[nH]cc3c12. The number of hydrogen-bond donors (Lipinski definition) is 1. The Balaban J connectivity index is 2.42. The van der Waals surface area contributed by atoms with Crippen LogP contribution in [0, 0.1) is 0 Å². The second kappa shape index (κ2) is 2.67. The highest BCUT2D eigenvalue weighted by Crippen LogP contribution is 2.33. The summed E-state index contributed by atoms with van der Waals surface area (Å²) in [4.78, 5) is 3.14. The Bertz CT molecular complexity index is 807. The molecule has 0 fully saturated rings. The van der Waals surface area contributed by atoms with Gasteiger partial charge in [-0.05, 0) is 18.2 Å². The van der Waals surface area contributed by atoms with Gasteiger partial charge in [-0.25, -0.2) is 0 Å². The molecule has 2 heteroatoms. The van der Waals surface area contributed by atoms with Crippen molar-refractivity contribution in [3.8, 4) is 0 Å². The van der Waals surface area contributed by atoms with Gasteiger partial charge in [-0.2, -0.15) is 0 Å². The van der Waals surface area contributed by atoms with Crippen LogP contribution in [0.15, 0.2) is 53.2 Å². The molecule has 0 bridgehead atoms. The molecule has 4 rings (SSSR count). The van der Waals surface area contributed by atoms with Crippen molar-refractivity contribution in [3.63, 3.8) is 0 Å². The Labute approximate surface area is 91.5 Å². The summed E-state index contributed by atoms with van der Waals surface area (Å²) in [5, 5.41) is 4.83. The lowest BCUT2D eigenvalue weighted by molar-refractivity contribution is 0.669. The second-order valence-corrected chi connectivity index (χ2v) is 4.00. The van der Waals surface area contributed by atoms with E-state index in [9.17, 15) is 0 Å². The third kappa shape index (κ3) is 0.865. The highest BCUT2D eigenvalue weighted by molar-refractivity contribution is 6.18. The van der Waals surface area contributed by atoms with E-state index in [1.165, 1.54) is 21.5 Å². The van der Waals surface area contributed by atoms with Crippen LogP contribution in [-0.4, -0.2) is 4.98 Å². The summed E-state index contributed by atoms with van der Waals surface area (Å²) < 4.78 is 5.82. The predicted octanol–water partition coefficient (Wildman–Crippen LogP) is 4.07. The van der Waals surface area contributed by atoms with E-state index < -0.39 is 0 Å². The van der Waals surface area contributed by atoms with Gasteiger partial charge < -0.3 is 9.40 Å². The zero-order valence-corrected chi connectivity index (χ0v) is 8.53. The van der Waals surface area contributed by atoms with Crippen molar-refractivity contribution < 1.29 is 4.42 Å². The van der Waals surface area contributed by atoms with Crippen LogP contribution >= 0.6 is 0 Å². The minimum Gasteiger partial charge on any atom is -0.456 e. The van der Waals surface area contributed by atoms with Crippen LogP contribution in [0.5, 0.6) is 0 Å². The summed E-state index contributed by atoms with van der Waals surface area (Å²) in [6, 6.07) is 12.3. The van der Waals surface area contributed by atoms with Crippen LogP contribution in [0.2, 0.25) is 0 Å². The number of hydrogen-bond acceptors (Lipinski definition) is 1. The van der Waals surface area contributed by atoms with E-state index in [1.54, 1.807) is 0 Å². The molecule has 0 atom stereocenters. The number of furan rings is 1. The van der Waals surface area contributed by atoms with Gasteiger partial charge in [0.1, 0.15) is 11.2 Å². The molecular formula is C14H9NO. The Kier molecular flexibility index (Phi) is 1.33. The average molecular weight is 207 g/mol. The molecule has 2 aromatic carbocycles. The van der Waals surface area contributed by atoms with Gasteiger partial charge in [0, 0.05) is 33.9 Å². The van der Waals surface area contributed by atoms with Gasteiger partial charge in [0.15, 0.2) is 0 Å². The first-order valence-electron chi connectivity index (χ1n) is 5.30. The van der Waals surface area contributed by atoms with E-state index in [-0.39, 0.29) is 0 Å². The van der Waals surface area contributed by atoms with Crippen LogP contribution in [0.25, 0.3) is 32.7 Å². The molecule has 0 unspecified atom stereocenters. The normalized spacial score (nSPS) is 11.8. The third-order valence-electron chi connectivity index (χ3n) is 3.08. The molecule has 0 amide bonds. The fraction of sp³-hybridized carbons (Fsp3) is 0. The number of benzene rings is 2. The predicted molar refractivity (Wildman–Crippen MR) is 65.6 cm³/mol. The number of para-hydroxylation sites is 1. The maximum Gasteiger partial charge on any atom is 0.136 e. The van der Waals surface area contributed by atoms with Gasteiger partial charge in [0.25, 0.3) is 0 Å². The zero-order valence-electron chi connectivity index (χ0n) is 8.53. The van der Waals surface area contributed by atoms with Gasteiger partial charge in [-0.3, -0.25) is 0 Å². The van der Waals surface area contributed by atoms with Crippen molar-refractivity contribution >= 4 is 32.7 Å². The Hall–Kier alpha value is -2.22. The van der Waals surface area contributed by atoms with E-state index in [1.807, 2.05) is 36.7 Å². The van der Waals surface area contributed by atoms with E-state index in [4.69, 9.17) is 4.42 Å². The van der Waals surface area contributed by atoms with E-state index >= 15 is 0 Å². The Morgan fingerprint density at radius 2 is 1.75 bits per heavy atom.